The molecule has 3 rings (SSSR count). The van der Waals surface area contributed by atoms with Crippen LogP contribution in [-0.2, 0) is 23.4 Å². The molecule has 0 bridgehead atoms. The second-order valence-electron chi connectivity index (χ2n) is 11.7. The Balaban J connectivity index is 1.92. The molecular formula is C23H37B2BrN2O7. The molecule has 0 aromatic carbocycles. The van der Waals surface area contributed by atoms with Crippen LogP contribution < -0.4 is 9.64 Å². The van der Waals surface area contributed by atoms with Gasteiger partial charge in [-0.3, -0.25) is 4.90 Å². The summed E-state index contributed by atoms with van der Waals surface area (Å²) in [5.74, 6) is 0.408. The van der Waals surface area contributed by atoms with E-state index in [1.165, 1.54) is 12.0 Å². The van der Waals surface area contributed by atoms with Gasteiger partial charge in [-0.05, 0) is 91.2 Å². The van der Waals surface area contributed by atoms with Gasteiger partial charge in [0.2, 0.25) is 5.88 Å². The van der Waals surface area contributed by atoms with Gasteiger partial charge in [0.25, 0.3) is 0 Å². The number of methoxy groups -OCH3 is 1. The van der Waals surface area contributed by atoms with E-state index in [0.717, 1.165) is 0 Å². The Labute approximate surface area is 217 Å². The van der Waals surface area contributed by atoms with Crippen molar-refractivity contribution in [1.82, 2.24) is 4.98 Å². The maximum absolute atomic E-state index is 13.4. The van der Waals surface area contributed by atoms with E-state index in [1.807, 2.05) is 69.2 Å². The second kappa shape index (κ2) is 9.20. The molecule has 0 spiro atoms. The minimum atomic E-state index is -0.940. The average Bonchev–Trinajstić information content (AvgIpc) is 3.06. The molecule has 0 aliphatic carbocycles. The van der Waals surface area contributed by atoms with Crippen LogP contribution in [0.1, 0.15) is 69.2 Å². The van der Waals surface area contributed by atoms with Gasteiger partial charge < -0.3 is 28.1 Å². The standard InChI is InChI=1S/C23H37B2BrN2O7/c1-19(2,3)31-18(29)28(15-12-16(26)17(30-11)27-13-15)14-23(10)22(8,9)34-25(35-23)24-32-20(4,5)21(6,7)33-24/h12-13H,14H2,1-11H3. The maximum atomic E-state index is 13.4. The molecule has 12 heteroatoms. The second-order valence-corrected chi connectivity index (χ2v) is 12.6. The van der Waals surface area contributed by atoms with Crippen molar-refractivity contribution in [3.63, 3.8) is 0 Å². The summed E-state index contributed by atoms with van der Waals surface area (Å²) >= 11 is 3.45. The largest absolute Gasteiger partial charge is 0.489 e. The van der Waals surface area contributed by atoms with Crippen molar-refractivity contribution in [3.8, 4) is 5.88 Å². The van der Waals surface area contributed by atoms with Gasteiger partial charge in [-0.1, -0.05) is 0 Å². The summed E-state index contributed by atoms with van der Waals surface area (Å²) < 4.78 is 36.7. The van der Waals surface area contributed by atoms with E-state index in [1.54, 1.807) is 12.3 Å². The number of halogens is 1. The fraction of sp³-hybridized carbons (Fsp3) is 0.739. The van der Waals surface area contributed by atoms with E-state index < -0.39 is 48.1 Å². The first-order valence-electron chi connectivity index (χ1n) is 11.7. The van der Waals surface area contributed by atoms with Crippen molar-refractivity contribution < 1.29 is 32.9 Å². The van der Waals surface area contributed by atoms with Crippen molar-refractivity contribution in [1.29, 1.82) is 0 Å². The summed E-state index contributed by atoms with van der Waals surface area (Å²) in [5.41, 5.74) is -2.97. The summed E-state index contributed by atoms with van der Waals surface area (Å²) in [6.07, 6.45) is 1.03. The Bertz CT molecular complexity index is 954. The summed E-state index contributed by atoms with van der Waals surface area (Å²) in [4.78, 5) is 19.2. The quantitative estimate of drug-likeness (QED) is 0.478. The molecule has 9 nitrogen and oxygen atoms in total. The molecule has 2 saturated heterocycles. The van der Waals surface area contributed by atoms with Gasteiger partial charge in [0.15, 0.2) is 0 Å². The van der Waals surface area contributed by atoms with Crippen LogP contribution >= 0.6 is 15.9 Å². The first kappa shape index (κ1) is 28.2. The molecule has 0 saturated carbocycles. The molecular weight excluding hydrogens is 518 g/mol. The summed E-state index contributed by atoms with van der Waals surface area (Å²) in [7, 11) is 0.0341. The molecule has 2 aliphatic heterocycles. The van der Waals surface area contributed by atoms with Gasteiger partial charge in [0.1, 0.15) is 5.60 Å². The van der Waals surface area contributed by atoms with Gasteiger partial charge in [-0.2, -0.15) is 0 Å². The van der Waals surface area contributed by atoms with Crippen molar-refractivity contribution in [3.05, 3.63) is 16.7 Å². The highest BCUT2D eigenvalue weighted by atomic mass is 79.9. The highest BCUT2D eigenvalue weighted by Gasteiger charge is 2.65. The Morgan fingerprint density at radius 2 is 1.51 bits per heavy atom. The number of hydrogen-bond acceptors (Lipinski definition) is 8. The van der Waals surface area contributed by atoms with Gasteiger partial charge in [-0.15, -0.1) is 0 Å². The van der Waals surface area contributed by atoms with Crippen LogP contribution in [0.2, 0.25) is 0 Å². The molecule has 1 amide bonds. The molecule has 1 aromatic rings. The Morgan fingerprint density at radius 1 is 1.00 bits per heavy atom. The van der Waals surface area contributed by atoms with Crippen LogP contribution in [0, 0.1) is 0 Å². The molecule has 1 unspecified atom stereocenters. The van der Waals surface area contributed by atoms with Crippen LogP contribution in [0.5, 0.6) is 5.88 Å². The summed E-state index contributed by atoms with van der Waals surface area (Å²) in [5, 5.41) is 0. The van der Waals surface area contributed by atoms with Crippen LogP contribution in [0.3, 0.4) is 0 Å². The number of aromatic nitrogens is 1. The molecule has 1 aromatic heterocycles. The van der Waals surface area contributed by atoms with Crippen LogP contribution in [0.15, 0.2) is 16.7 Å². The molecule has 35 heavy (non-hydrogen) atoms. The van der Waals surface area contributed by atoms with E-state index in [4.69, 9.17) is 28.1 Å². The highest BCUT2D eigenvalue weighted by molar-refractivity contribution is 9.10. The molecule has 1 atom stereocenters. The van der Waals surface area contributed by atoms with Gasteiger partial charge >= 0.3 is 20.1 Å². The Kier molecular flexibility index (Phi) is 7.43. The number of anilines is 1. The maximum Gasteiger partial charge on any atom is 0.489 e. The first-order chi connectivity index (χ1) is 15.8. The number of rotatable bonds is 5. The molecule has 2 aliphatic rings. The fourth-order valence-corrected chi connectivity index (χ4v) is 4.27. The third kappa shape index (κ3) is 5.66. The lowest BCUT2D eigenvalue weighted by Gasteiger charge is -2.40. The van der Waals surface area contributed by atoms with E-state index in [0.29, 0.717) is 16.0 Å². The smallest absolute Gasteiger partial charge is 0.480 e. The first-order valence-corrected chi connectivity index (χ1v) is 12.5. The lowest BCUT2D eigenvalue weighted by Crippen LogP contribution is -2.55. The Morgan fingerprint density at radius 3 is 2.00 bits per heavy atom. The minimum Gasteiger partial charge on any atom is -0.480 e. The molecule has 0 radical (unpaired) electrons. The number of nitrogens with zero attached hydrogens (tertiary/aromatic N) is 2. The zero-order valence-corrected chi connectivity index (χ0v) is 24.2. The number of pyridine rings is 1. The topological polar surface area (TPSA) is 88.6 Å². The minimum absolute atomic E-state index is 0.130. The predicted octanol–water partition coefficient (Wildman–Crippen LogP) is 4.84. The monoisotopic (exact) mass is 554 g/mol. The number of ether oxygens (including phenoxy) is 2. The molecule has 2 fully saturated rings. The predicted molar refractivity (Wildman–Crippen MR) is 139 cm³/mol. The molecule has 3 heterocycles. The lowest BCUT2D eigenvalue weighted by molar-refractivity contribution is -0.00588. The SMILES string of the molecule is COc1ncc(N(CC2(C)OB(B3OC(C)(C)C(C)(C)O3)OC2(C)C)C(=O)OC(C)(C)C)cc1Br. The average molecular weight is 555 g/mol. The lowest BCUT2D eigenvalue weighted by atomic mass is 9.49. The zero-order valence-electron chi connectivity index (χ0n) is 22.6. The Hall–Kier alpha value is -1.33. The van der Waals surface area contributed by atoms with Crippen LogP contribution in [0.25, 0.3) is 0 Å². The van der Waals surface area contributed by atoms with Gasteiger partial charge in [-0.25, -0.2) is 9.78 Å². The molecule has 194 valence electrons. The summed E-state index contributed by atoms with van der Waals surface area (Å²) in [6, 6.07) is 1.76. The third-order valence-electron chi connectivity index (χ3n) is 6.93. The van der Waals surface area contributed by atoms with Gasteiger partial charge in [0.05, 0.1) is 52.4 Å². The van der Waals surface area contributed by atoms with Crippen molar-refractivity contribution in [2.75, 3.05) is 18.6 Å². The fourth-order valence-electron chi connectivity index (χ4n) is 3.77. The van der Waals surface area contributed by atoms with E-state index in [2.05, 4.69) is 20.9 Å². The van der Waals surface area contributed by atoms with Gasteiger partial charge in [0, 0.05) is 0 Å². The van der Waals surface area contributed by atoms with E-state index in [-0.39, 0.29) is 6.54 Å². The van der Waals surface area contributed by atoms with E-state index in [9.17, 15) is 4.79 Å². The number of amides is 1. The zero-order chi connectivity index (χ0) is 26.6. The number of hydrogen-bond donors (Lipinski definition) is 0. The van der Waals surface area contributed by atoms with Crippen molar-refractivity contribution in [2.24, 2.45) is 0 Å². The van der Waals surface area contributed by atoms with Crippen LogP contribution in [0.4, 0.5) is 10.5 Å². The van der Waals surface area contributed by atoms with E-state index >= 15 is 0 Å². The number of carbonyl (C=O) groups excluding carboxylic acids is 1. The molecule has 0 N–H and O–H groups in total. The number of carbonyl (C=O) groups is 1. The highest BCUT2D eigenvalue weighted by Crippen LogP contribution is 2.44. The normalized spacial score (nSPS) is 25.0. The van der Waals surface area contributed by atoms with Crippen molar-refractivity contribution in [2.45, 2.75) is 97.2 Å². The third-order valence-corrected chi connectivity index (χ3v) is 7.49. The summed E-state index contributed by atoms with van der Waals surface area (Å²) in [6.45, 7) is 19.3. The van der Waals surface area contributed by atoms with Crippen molar-refractivity contribution >= 4 is 41.7 Å². The van der Waals surface area contributed by atoms with Crippen LogP contribution in [-0.4, -0.2) is 66.8 Å².